The molecular formula is C27H36N3O6P. The molecule has 200 valence electrons. The normalized spacial score (nSPS) is 18.3. The lowest BCUT2D eigenvalue weighted by molar-refractivity contribution is 0.0378. The topological polar surface area (TPSA) is 115 Å². The van der Waals surface area contributed by atoms with Crippen LogP contribution < -0.4 is 16.0 Å². The highest BCUT2D eigenvalue weighted by atomic mass is 31.2. The van der Waals surface area contributed by atoms with Crippen LogP contribution in [0.3, 0.4) is 0 Å². The minimum absolute atomic E-state index is 0.00723. The second kappa shape index (κ2) is 11.8. The van der Waals surface area contributed by atoms with Crippen molar-refractivity contribution in [2.75, 3.05) is 32.4 Å². The summed E-state index contributed by atoms with van der Waals surface area (Å²) in [5.74, 6) is 1.06. The van der Waals surface area contributed by atoms with Gasteiger partial charge in [0.05, 0.1) is 37.6 Å². The van der Waals surface area contributed by atoms with Gasteiger partial charge in [-0.15, -0.1) is 0 Å². The first-order chi connectivity index (χ1) is 17.8. The largest absolute Gasteiger partial charge is 0.497 e. The summed E-state index contributed by atoms with van der Waals surface area (Å²) in [7, 11) is -1.66. The van der Waals surface area contributed by atoms with E-state index in [1.165, 1.54) is 0 Å². The van der Waals surface area contributed by atoms with Crippen molar-refractivity contribution in [1.82, 2.24) is 9.55 Å². The van der Waals surface area contributed by atoms with Gasteiger partial charge in [-0.05, 0) is 76.1 Å². The fourth-order valence-corrected chi connectivity index (χ4v) is 6.44. The van der Waals surface area contributed by atoms with Gasteiger partial charge in [-0.1, -0.05) is 6.07 Å². The molecule has 1 aliphatic rings. The minimum atomic E-state index is -3.27. The summed E-state index contributed by atoms with van der Waals surface area (Å²) in [4.78, 5) is 18.5. The third-order valence-corrected chi connectivity index (χ3v) is 8.55. The highest BCUT2D eigenvalue weighted by Crippen LogP contribution is 2.49. The van der Waals surface area contributed by atoms with Gasteiger partial charge in [0.2, 0.25) is 0 Å². The molecule has 9 nitrogen and oxygen atoms in total. The molecule has 0 amide bonds. The summed E-state index contributed by atoms with van der Waals surface area (Å²) < 4.78 is 36.5. The van der Waals surface area contributed by atoms with E-state index in [2.05, 4.69) is 4.98 Å². The predicted molar refractivity (Wildman–Crippen MR) is 145 cm³/mol. The SMILES string of the molecule is CCOP(=O)(COC1CCC(c2c(=O)n(-c3cccc(OC)c3)cc3c(C)cc(N)nc23)CC1)OCC. The van der Waals surface area contributed by atoms with Crippen LogP contribution in [0.4, 0.5) is 5.82 Å². The molecule has 0 unspecified atom stereocenters. The molecule has 0 saturated heterocycles. The maximum absolute atomic E-state index is 13.9. The van der Waals surface area contributed by atoms with Crippen LogP contribution in [0.25, 0.3) is 16.6 Å². The fraction of sp³-hybridized carbons (Fsp3) is 0.481. The summed E-state index contributed by atoms with van der Waals surface area (Å²) in [6.07, 6.45) is 4.60. The maximum atomic E-state index is 13.9. The van der Waals surface area contributed by atoms with Crippen LogP contribution in [0.15, 0.2) is 41.3 Å². The summed E-state index contributed by atoms with van der Waals surface area (Å²) in [5, 5.41) is 0.888. The van der Waals surface area contributed by atoms with E-state index in [1.54, 1.807) is 25.5 Å². The van der Waals surface area contributed by atoms with E-state index >= 15 is 0 Å². The molecule has 0 spiro atoms. The number of methoxy groups -OCH3 is 1. The van der Waals surface area contributed by atoms with Crippen LogP contribution in [0, 0.1) is 6.92 Å². The Bertz CT molecular complexity index is 1340. The van der Waals surface area contributed by atoms with Crippen LogP contribution in [0.2, 0.25) is 0 Å². The molecule has 0 aliphatic heterocycles. The molecule has 0 atom stereocenters. The number of aryl methyl sites for hydroxylation is 1. The molecule has 1 aliphatic carbocycles. The maximum Gasteiger partial charge on any atom is 0.356 e. The average Bonchev–Trinajstić information content (AvgIpc) is 2.88. The minimum Gasteiger partial charge on any atom is -0.497 e. The number of rotatable bonds is 10. The van der Waals surface area contributed by atoms with Gasteiger partial charge in [0.1, 0.15) is 17.9 Å². The number of hydrogen-bond acceptors (Lipinski definition) is 8. The Labute approximate surface area is 217 Å². The van der Waals surface area contributed by atoms with Gasteiger partial charge in [-0.25, -0.2) is 4.98 Å². The van der Waals surface area contributed by atoms with Crippen LogP contribution >= 0.6 is 7.60 Å². The number of nitrogens with zero attached hydrogens (tertiary/aromatic N) is 2. The highest BCUT2D eigenvalue weighted by molar-refractivity contribution is 7.53. The summed E-state index contributed by atoms with van der Waals surface area (Å²) in [6.45, 7) is 6.13. The van der Waals surface area contributed by atoms with Crippen LogP contribution in [0.5, 0.6) is 5.75 Å². The number of fused-ring (bicyclic) bond motifs is 1. The molecule has 1 aromatic carbocycles. The Morgan fingerprint density at radius 1 is 1.11 bits per heavy atom. The second-order valence-corrected chi connectivity index (χ2v) is 11.3. The van der Waals surface area contributed by atoms with Gasteiger partial charge in [0.25, 0.3) is 5.56 Å². The zero-order valence-electron chi connectivity index (χ0n) is 21.9. The van der Waals surface area contributed by atoms with Crippen molar-refractivity contribution in [2.45, 2.75) is 58.5 Å². The molecule has 0 radical (unpaired) electrons. The fourth-order valence-electron chi connectivity index (χ4n) is 5.04. The number of nitrogen functional groups attached to an aromatic ring is 1. The lowest BCUT2D eigenvalue weighted by Crippen LogP contribution is -2.29. The molecule has 1 saturated carbocycles. The molecule has 37 heavy (non-hydrogen) atoms. The van der Waals surface area contributed by atoms with Crippen molar-refractivity contribution >= 4 is 24.3 Å². The molecule has 3 aromatic rings. The van der Waals surface area contributed by atoms with E-state index in [-0.39, 0.29) is 23.9 Å². The smallest absolute Gasteiger partial charge is 0.356 e. The van der Waals surface area contributed by atoms with Gasteiger partial charge in [0.15, 0.2) is 0 Å². The lowest BCUT2D eigenvalue weighted by atomic mass is 9.82. The van der Waals surface area contributed by atoms with Gasteiger partial charge < -0.3 is 24.3 Å². The zero-order valence-corrected chi connectivity index (χ0v) is 22.8. The van der Waals surface area contributed by atoms with E-state index in [0.717, 1.165) is 42.3 Å². The summed E-state index contributed by atoms with van der Waals surface area (Å²) in [6, 6.07) is 9.27. The highest BCUT2D eigenvalue weighted by Gasteiger charge is 2.31. The van der Waals surface area contributed by atoms with Crippen molar-refractivity contribution in [3.05, 3.63) is 58.0 Å². The first kappa shape index (κ1) is 27.3. The predicted octanol–water partition coefficient (Wildman–Crippen LogP) is 5.55. The Morgan fingerprint density at radius 3 is 2.46 bits per heavy atom. The monoisotopic (exact) mass is 529 g/mol. The molecule has 2 heterocycles. The Morgan fingerprint density at radius 2 is 1.81 bits per heavy atom. The summed E-state index contributed by atoms with van der Waals surface area (Å²) in [5.41, 5.74) is 9.00. The number of pyridine rings is 2. The molecular weight excluding hydrogens is 493 g/mol. The third-order valence-electron chi connectivity index (χ3n) is 6.78. The average molecular weight is 530 g/mol. The van der Waals surface area contributed by atoms with Crippen molar-refractivity contribution in [1.29, 1.82) is 0 Å². The van der Waals surface area contributed by atoms with Crippen LogP contribution in [0.1, 0.15) is 56.6 Å². The molecule has 2 N–H and O–H groups in total. The van der Waals surface area contributed by atoms with E-state index in [4.69, 9.17) is 24.3 Å². The van der Waals surface area contributed by atoms with E-state index in [9.17, 15) is 9.36 Å². The number of benzene rings is 1. The van der Waals surface area contributed by atoms with Gasteiger partial charge in [-0.3, -0.25) is 13.9 Å². The van der Waals surface area contributed by atoms with Gasteiger partial charge in [0, 0.05) is 23.2 Å². The lowest BCUT2D eigenvalue weighted by Gasteiger charge is -2.30. The number of aromatic nitrogens is 2. The van der Waals surface area contributed by atoms with Crippen LogP contribution in [-0.2, 0) is 18.3 Å². The molecule has 1 fully saturated rings. The van der Waals surface area contributed by atoms with Crippen molar-refractivity contribution in [3.8, 4) is 11.4 Å². The molecule has 0 bridgehead atoms. The second-order valence-electron chi connectivity index (χ2n) is 9.26. The van der Waals surface area contributed by atoms with Crippen LogP contribution in [-0.4, -0.2) is 42.3 Å². The first-order valence-corrected chi connectivity index (χ1v) is 14.5. The van der Waals surface area contributed by atoms with Crippen molar-refractivity contribution in [2.24, 2.45) is 0 Å². The first-order valence-electron chi connectivity index (χ1n) is 12.7. The number of anilines is 1. The standard InChI is InChI=1S/C27H36N3O6P/c1-5-35-37(32,36-6-2)17-34-21-12-10-19(11-13-21)25-26-23(18(3)14-24(28)29-26)16-30(27(25)31)20-8-7-9-22(15-20)33-4/h7-9,14-16,19,21H,5-6,10-13,17H2,1-4H3,(H2,28,29). The number of nitrogens with two attached hydrogens (primary N) is 1. The molecule has 2 aromatic heterocycles. The molecule has 4 rings (SSSR count). The van der Waals surface area contributed by atoms with E-state index in [1.807, 2.05) is 43.5 Å². The quantitative estimate of drug-likeness (QED) is 0.340. The van der Waals surface area contributed by atoms with E-state index in [0.29, 0.717) is 35.9 Å². The van der Waals surface area contributed by atoms with Gasteiger partial charge in [-0.2, -0.15) is 0 Å². The third kappa shape index (κ3) is 6.07. The summed E-state index contributed by atoms with van der Waals surface area (Å²) >= 11 is 0. The van der Waals surface area contributed by atoms with E-state index < -0.39 is 7.60 Å². The Hall–Kier alpha value is -2.71. The van der Waals surface area contributed by atoms with Crippen molar-refractivity contribution < 1.29 is 23.1 Å². The Kier molecular flexibility index (Phi) is 8.70. The number of hydrogen-bond donors (Lipinski definition) is 1. The van der Waals surface area contributed by atoms with Crippen molar-refractivity contribution in [3.63, 3.8) is 0 Å². The number of ether oxygens (including phenoxy) is 2. The van der Waals surface area contributed by atoms with Gasteiger partial charge >= 0.3 is 7.60 Å². The molecule has 10 heteroatoms. The Balaban J connectivity index is 1.64. The zero-order chi connectivity index (χ0) is 26.6.